The average Bonchev–Trinajstić information content (AvgIpc) is 2.95. The standard InChI is InChI=1S/C16H24N6/c1-12-8-17-22(9-12)10-14-4-3-7-21(14)11-15-18-19-16(20(15)2)13-5-6-13/h8-9,13-14H,3-7,10-11H2,1-2H3/t14-/m1/s1. The minimum atomic E-state index is 0.556. The van der Waals surface area contributed by atoms with E-state index in [-0.39, 0.29) is 0 Å². The van der Waals surface area contributed by atoms with Gasteiger partial charge in [0.2, 0.25) is 0 Å². The lowest BCUT2D eigenvalue weighted by Gasteiger charge is -2.23. The van der Waals surface area contributed by atoms with E-state index in [1.165, 1.54) is 37.1 Å². The molecule has 0 unspecified atom stereocenters. The molecule has 118 valence electrons. The molecule has 0 amide bonds. The van der Waals surface area contributed by atoms with Gasteiger partial charge in [0.05, 0.1) is 19.3 Å². The Labute approximate surface area is 131 Å². The zero-order valence-electron chi connectivity index (χ0n) is 13.4. The van der Waals surface area contributed by atoms with E-state index >= 15 is 0 Å². The molecule has 0 spiro atoms. The molecule has 2 aromatic heterocycles. The zero-order valence-corrected chi connectivity index (χ0v) is 13.4. The lowest BCUT2D eigenvalue weighted by atomic mass is 10.2. The number of hydrogen-bond donors (Lipinski definition) is 0. The minimum Gasteiger partial charge on any atom is -0.317 e. The third-order valence-corrected chi connectivity index (χ3v) is 4.94. The van der Waals surface area contributed by atoms with Crippen molar-refractivity contribution in [1.82, 2.24) is 29.4 Å². The molecule has 0 bridgehead atoms. The summed E-state index contributed by atoms with van der Waals surface area (Å²) in [5, 5.41) is 13.3. The van der Waals surface area contributed by atoms with Crippen molar-refractivity contribution in [2.24, 2.45) is 7.05 Å². The summed E-state index contributed by atoms with van der Waals surface area (Å²) in [7, 11) is 2.12. The maximum absolute atomic E-state index is 4.43. The molecule has 1 saturated heterocycles. The van der Waals surface area contributed by atoms with Crippen LogP contribution >= 0.6 is 0 Å². The minimum absolute atomic E-state index is 0.556. The van der Waals surface area contributed by atoms with Crippen LogP contribution in [0.4, 0.5) is 0 Å². The van der Waals surface area contributed by atoms with Crippen LogP contribution in [0.25, 0.3) is 0 Å². The van der Waals surface area contributed by atoms with Crippen molar-refractivity contribution in [1.29, 1.82) is 0 Å². The van der Waals surface area contributed by atoms with Gasteiger partial charge in [-0.05, 0) is 44.7 Å². The molecule has 1 aliphatic carbocycles. The quantitative estimate of drug-likeness (QED) is 0.846. The number of likely N-dealkylation sites (tertiary alicyclic amines) is 1. The molecule has 4 rings (SSSR count). The van der Waals surface area contributed by atoms with Gasteiger partial charge in [0.25, 0.3) is 0 Å². The van der Waals surface area contributed by atoms with Crippen LogP contribution in [0.3, 0.4) is 0 Å². The summed E-state index contributed by atoms with van der Waals surface area (Å²) in [4.78, 5) is 2.54. The molecular weight excluding hydrogens is 276 g/mol. The predicted octanol–water partition coefficient (Wildman–Crippen LogP) is 1.86. The number of aromatic nitrogens is 5. The van der Waals surface area contributed by atoms with Crippen molar-refractivity contribution in [3.05, 3.63) is 29.6 Å². The second kappa shape index (κ2) is 5.50. The molecule has 2 aromatic rings. The second-order valence-electron chi connectivity index (χ2n) is 6.81. The van der Waals surface area contributed by atoms with Gasteiger partial charge in [0, 0.05) is 25.2 Å². The molecule has 6 heteroatoms. The summed E-state index contributed by atoms with van der Waals surface area (Å²) in [6, 6.07) is 0.556. The highest BCUT2D eigenvalue weighted by molar-refractivity contribution is 5.08. The molecule has 22 heavy (non-hydrogen) atoms. The lowest BCUT2D eigenvalue weighted by Crippen LogP contribution is -2.33. The Hall–Kier alpha value is -1.69. The highest BCUT2D eigenvalue weighted by Gasteiger charge is 2.31. The third-order valence-electron chi connectivity index (χ3n) is 4.94. The van der Waals surface area contributed by atoms with Gasteiger partial charge < -0.3 is 4.57 Å². The second-order valence-corrected chi connectivity index (χ2v) is 6.81. The Morgan fingerprint density at radius 1 is 1.23 bits per heavy atom. The third kappa shape index (κ3) is 2.67. The van der Waals surface area contributed by atoms with E-state index in [0.717, 1.165) is 25.5 Å². The van der Waals surface area contributed by atoms with Gasteiger partial charge in [0.15, 0.2) is 0 Å². The van der Waals surface area contributed by atoms with Gasteiger partial charge >= 0.3 is 0 Å². The van der Waals surface area contributed by atoms with Crippen molar-refractivity contribution in [3.8, 4) is 0 Å². The van der Waals surface area contributed by atoms with Crippen LogP contribution < -0.4 is 0 Å². The number of hydrogen-bond acceptors (Lipinski definition) is 4. The fraction of sp³-hybridized carbons (Fsp3) is 0.688. The molecular formula is C16H24N6. The maximum atomic E-state index is 4.43. The molecule has 1 aliphatic heterocycles. The first-order chi connectivity index (χ1) is 10.7. The van der Waals surface area contributed by atoms with Gasteiger partial charge in [-0.15, -0.1) is 10.2 Å². The van der Waals surface area contributed by atoms with E-state index in [1.54, 1.807) is 0 Å². The van der Waals surface area contributed by atoms with Gasteiger partial charge in [-0.25, -0.2) is 0 Å². The number of nitrogens with zero attached hydrogens (tertiary/aromatic N) is 6. The van der Waals surface area contributed by atoms with Crippen molar-refractivity contribution >= 4 is 0 Å². The van der Waals surface area contributed by atoms with Crippen LogP contribution in [0.15, 0.2) is 12.4 Å². The van der Waals surface area contributed by atoms with E-state index in [1.807, 2.05) is 6.20 Å². The van der Waals surface area contributed by atoms with E-state index in [9.17, 15) is 0 Å². The number of aryl methyl sites for hydroxylation is 1. The van der Waals surface area contributed by atoms with Crippen LogP contribution in [0, 0.1) is 6.92 Å². The summed E-state index contributed by atoms with van der Waals surface area (Å²) >= 11 is 0. The molecule has 0 aromatic carbocycles. The fourth-order valence-electron chi connectivity index (χ4n) is 3.48. The van der Waals surface area contributed by atoms with Gasteiger partial charge in [-0.2, -0.15) is 5.10 Å². The Balaban J connectivity index is 1.44. The van der Waals surface area contributed by atoms with E-state index in [2.05, 4.69) is 49.6 Å². The van der Waals surface area contributed by atoms with Crippen molar-refractivity contribution < 1.29 is 0 Å². The van der Waals surface area contributed by atoms with Crippen LogP contribution in [0.1, 0.15) is 48.8 Å². The summed E-state index contributed by atoms with van der Waals surface area (Å²) in [6.07, 6.45) is 9.12. The molecule has 6 nitrogen and oxygen atoms in total. The highest BCUT2D eigenvalue weighted by atomic mass is 15.3. The molecule has 2 aliphatic rings. The molecule has 0 radical (unpaired) electrons. The van der Waals surface area contributed by atoms with Crippen LogP contribution in [-0.4, -0.2) is 42.0 Å². The first kappa shape index (κ1) is 13.9. The smallest absolute Gasteiger partial charge is 0.146 e. The van der Waals surface area contributed by atoms with E-state index in [0.29, 0.717) is 12.0 Å². The topological polar surface area (TPSA) is 51.8 Å². The summed E-state index contributed by atoms with van der Waals surface area (Å²) in [5.41, 5.74) is 1.23. The zero-order chi connectivity index (χ0) is 15.1. The van der Waals surface area contributed by atoms with Crippen molar-refractivity contribution in [2.75, 3.05) is 6.54 Å². The molecule has 3 heterocycles. The highest BCUT2D eigenvalue weighted by Crippen LogP contribution is 2.38. The van der Waals surface area contributed by atoms with Gasteiger partial charge in [-0.1, -0.05) is 0 Å². The lowest BCUT2D eigenvalue weighted by molar-refractivity contribution is 0.212. The normalized spacial score (nSPS) is 22.5. The van der Waals surface area contributed by atoms with Crippen molar-refractivity contribution in [3.63, 3.8) is 0 Å². The predicted molar refractivity (Wildman–Crippen MR) is 83.4 cm³/mol. The maximum Gasteiger partial charge on any atom is 0.146 e. The molecule has 1 atom stereocenters. The van der Waals surface area contributed by atoms with Crippen LogP contribution in [0.2, 0.25) is 0 Å². The summed E-state index contributed by atoms with van der Waals surface area (Å²) < 4.78 is 4.29. The van der Waals surface area contributed by atoms with E-state index in [4.69, 9.17) is 0 Å². The van der Waals surface area contributed by atoms with Crippen LogP contribution in [-0.2, 0) is 20.1 Å². The Morgan fingerprint density at radius 2 is 2.09 bits per heavy atom. The molecule has 0 N–H and O–H groups in total. The van der Waals surface area contributed by atoms with E-state index < -0.39 is 0 Å². The average molecular weight is 300 g/mol. The fourth-order valence-corrected chi connectivity index (χ4v) is 3.48. The van der Waals surface area contributed by atoms with Crippen molar-refractivity contribution in [2.45, 2.75) is 57.7 Å². The summed E-state index contributed by atoms with van der Waals surface area (Å²) in [5.74, 6) is 2.94. The van der Waals surface area contributed by atoms with Gasteiger partial charge in [-0.3, -0.25) is 9.58 Å². The molecule has 2 fully saturated rings. The van der Waals surface area contributed by atoms with Gasteiger partial charge in [0.1, 0.15) is 11.6 Å². The van der Waals surface area contributed by atoms with Crippen LogP contribution in [0.5, 0.6) is 0 Å². The number of rotatable bonds is 5. The largest absolute Gasteiger partial charge is 0.317 e. The SMILES string of the molecule is Cc1cnn(C[C@H]2CCCN2Cc2nnc(C3CC3)n2C)c1. The Kier molecular flexibility index (Phi) is 3.48. The first-order valence-electron chi connectivity index (χ1n) is 8.32. The summed E-state index contributed by atoms with van der Waals surface area (Å²) in [6.45, 7) is 5.12. The molecule has 1 saturated carbocycles. The Morgan fingerprint density at radius 3 is 2.82 bits per heavy atom. The first-order valence-corrected chi connectivity index (χ1v) is 8.32. The Bertz CT molecular complexity index is 653. The monoisotopic (exact) mass is 300 g/mol.